The summed E-state index contributed by atoms with van der Waals surface area (Å²) in [5.41, 5.74) is 0.403. The second-order valence-corrected chi connectivity index (χ2v) is 3.51. The van der Waals surface area contributed by atoms with Crippen LogP contribution in [0.1, 0.15) is 6.92 Å². The zero-order valence-electron chi connectivity index (χ0n) is 9.05. The van der Waals surface area contributed by atoms with Gasteiger partial charge < -0.3 is 14.8 Å². The summed E-state index contributed by atoms with van der Waals surface area (Å²) in [6, 6.07) is 11.2. The van der Waals surface area contributed by atoms with E-state index in [-0.39, 0.29) is 0 Å². The van der Waals surface area contributed by atoms with Gasteiger partial charge in [-0.25, -0.2) is 0 Å². The topological polar surface area (TPSA) is 49.7 Å². The van der Waals surface area contributed by atoms with Gasteiger partial charge >= 0.3 is 7.12 Å². The van der Waals surface area contributed by atoms with Gasteiger partial charge in [0.25, 0.3) is 0 Å². The highest BCUT2D eigenvalue weighted by Crippen LogP contribution is 2.23. The molecule has 3 nitrogen and oxygen atoms in total. The number of fused-ring (bicyclic) bond motifs is 1. The van der Waals surface area contributed by atoms with Crippen LogP contribution in [0.2, 0.25) is 0 Å². The van der Waals surface area contributed by atoms with Crippen molar-refractivity contribution in [1.82, 2.24) is 0 Å². The Hall–Kier alpha value is -1.52. The normalized spacial score (nSPS) is 10.4. The summed E-state index contributed by atoms with van der Waals surface area (Å²) >= 11 is 0. The molecule has 2 aromatic rings. The summed E-state index contributed by atoms with van der Waals surface area (Å²) in [5.74, 6) is 0.551. The third-order valence-electron chi connectivity index (χ3n) is 2.48. The molecule has 2 rings (SSSR count). The maximum atomic E-state index is 9.27. The fourth-order valence-corrected chi connectivity index (χ4v) is 1.77. The molecule has 0 saturated heterocycles. The number of hydrogen-bond donors (Lipinski definition) is 2. The molecular weight excluding hydrogens is 203 g/mol. The first-order chi connectivity index (χ1) is 7.74. The van der Waals surface area contributed by atoms with Gasteiger partial charge in [0.15, 0.2) is 0 Å². The highest BCUT2D eigenvalue weighted by atomic mass is 16.5. The molecule has 82 valence electrons. The van der Waals surface area contributed by atoms with Crippen LogP contribution in [0.5, 0.6) is 5.75 Å². The summed E-state index contributed by atoms with van der Waals surface area (Å²) in [6.45, 7) is 2.36. The lowest BCUT2D eigenvalue weighted by Crippen LogP contribution is -2.31. The molecule has 0 saturated carbocycles. The monoisotopic (exact) mass is 216 g/mol. The summed E-state index contributed by atoms with van der Waals surface area (Å²) in [6.07, 6.45) is 0. The van der Waals surface area contributed by atoms with Crippen molar-refractivity contribution in [3.05, 3.63) is 36.4 Å². The van der Waals surface area contributed by atoms with Gasteiger partial charge in [-0.05, 0) is 12.3 Å². The van der Waals surface area contributed by atoms with E-state index < -0.39 is 7.12 Å². The molecule has 0 aliphatic heterocycles. The summed E-state index contributed by atoms with van der Waals surface area (Å²) in [4.78, 5) is 0. The van der Waals surface area contributed by atoms with E-state index in [1.165, 1.54) is 0 Å². The molecule has 0 radical (unpaired) electrons. The Kier molecular flexibility index (Phi) is 3.13. The van der Waals surface area contributed by atoms with Gasteiger partial charge in [-0.3, -0.25) is 0 Å². The van der Waals surface area contributed by atoms with Crippen molar-refractivity contribution in [3.63, 3.8) is 0 Å². The first kappa shape index (κ1) is 11.0. The molecule has 0 atom stereocenters. The third-order valence-corrected chi connectivity index (χ3v) is 2.48. The van der Waals surface area contributed by atoms with Gasteiger partial charge in [-0.1, -0.05) is 36.4 Å². The number of hydrogen-bond acceptors (Lipinski definition) is 3. The smallest absolute Gasteiger partial charge is 0.492 e. The highest BCUT2D eigenvalue weighted by Gasteiger charge is 2.18. The Morgan fingerprint density at radius 3 is 2.56 bits per heavy atom. The molecule has 0 aromatic heterocycles. The van der Waals surface area contributed by atoms with Gasteiger partial charge in [0, 0.05) is 10.8 Å². The highest BCUT2D eigenvalue weighted by molar-refractivity contribution is 6.60. The molecule has 0 spiro atoms. The van der Waals surface area contributed by atoms with E-state index in [0.717, 1.165) is 10.8 Å². The van der Waals surface area contributed by atoms with Crippen LogP contribution in [0.4, 0.5) is 0 Å². The SMILES string of the molecule is CCOc1c(B(O)O)ccc2ccccc12. The maximum Gasteiger partial charge on any atom is 0.492 e. The van der Waals surface area contributed by atoms with E-state index in [1.807, 2.05) is 37.3 Å². The van der Waals surface area contributed by atoms with E-state index >= 15 is 0 Å². The van der Waals surface area contributed by atoms with Crippen LogP contribution in [0.25, 0.3) is 10.8 Å². The molecule has 2 aromatic carbocycles. The van der Waals surface area contributed by atoms with E-state index in [2.05, 4.69) is 0 Å². The van der Waals surface area contributed by atoms with Crippen molar-refractivity contribution in [1.29, 1.82) is 0 Å². The van der Waals surface area contributed by atoms with Crippen LogP contribution in [-0.4, -0.2) is 23.8 Å². The summed E-state index contributed by atoms with van der Waals surface area (Å²) < 4.78 is 5.49. The quantitative estimate of drug-likeness (QED) is 0.750. The Balaban J connectivity index is 2.68. The van der Waals surface area contributed by atoms with Crippen LogP contribution in [0, 0.1) is 0 Å². The van der Waals surface area contributed by atoms with Gasteiger partial charge in [0.2, 0.25) is 0 Å². The lowest BCUT2D eigenvalue weighted by Gasteiger charge is -2.12. The van der Waals surface area contributed by atoms with Crippen LogP contribution < -0.4 is 10.2 Å². The van der Waals surface area contributed by atoms with Crippen molar-refractivity contribution in [3.8, 4) is 5.75 Å². The average Bonchev–Trinajstić information content (AvgIpc) is 2.29. The molecule has 0 fully saturated rings. The van der Waals surface area contributed by atoms with Crippen molar-refractivity contribution < 1.29 is 14.8 Å². The Morgan fingerprint density at radius 2 is 1.88 bits per heavy atom. The van der Waals surface area contributed by atoms with E-state index in [1.54, 1.807) is 6.07 Å². The van der Waals surface area contributed by atoms with Crippen LogP contribution >= 0.6 is 0 Å². The zero-order chi connectivity index (χ0) is 11.5. The molecule has 4 heteroatoms. The lowest BCUT2D eigenvalue weighted by molar-refractivity contribution is 0.344. The number of benzene rings is 2. The van der Waals surface area contributed by atoms with Crippen molar-refractivity contribution in [2.24, 2.45) is 0 Å². The van der Waals surface area contributed by atoms with Crippen molar-refractivity contribution in [2.75, 3.05) is 6.61 Å². The van der Waals surface area contributed by atoms with Crippen LogP contribution in [0.15, 0.2) is 36.4 Å². The molecule has 0 amide bonds. The first-order valence-electron chi connectivity index (χ1n) is 5.24. The van der Waals surface area contributed by atoms with Gasteiger partial charge in [0.05, 0.1) is 6.61 Å². The zero-order valence-corrected chi connectivity index (χ0v) is 9.05. The molecule has 0 aliphatic carbocycles. The third kappa shape index (κ3) is 1.89. The van der Waals surface area contributed by atoms with Gasteiger partial charge in [0.1, 0.15) is 5.75 Å². The average molecular weight is 216 g/mol. The molecule has 0 heterocycles. The first-order valence-corrected chi connectivity index (χ1v) is 5.24. The summed E-state index contributed by atoms with van der Waals surface area (Å²) in [7, 11) is -1.51. The molecule has 0 unspecified atom stereocenters. The standard InChI is InChI=1S/C12H13BO3/c1-2-16-12-10-6-4-3-5-9(10)7-8-11(12)13(14)15/h3-8,14-15H,2H2,1H3. The predicted octanol–water partition coefficient (Wildman–Crippen LogP) is 0.918. The second-order valence-electron chi connectivity index (χ2n) is 3.51. The largest absolute Gasteiger partial charge is 0.494 e. The molecule has 0 aliphatic rings. The minimum absolute atomic E-state index is 0.403. The molecule has 0 bridgehead atoms. The molecular formula is C12H13BO3. The lowest BCUT2D eigenvalue weighted by atomic mass is 9.78. The Bertz CT molecular complexity index is 497. The molecule has 2 N–H and O–H groups in total. The van der Waals surface area contributed by atoms with E-state index in [4.69, 9.17) is 4.74 Å². The fourth-order valence-electron chi connectivity index (χ4n) is 1.77. The van der Waals surface area contributed by atoms with Crippen molar-refractivity contribution >= 4 is 23.4 Å². The number of rotatable bonds is 3. The van der Waals surface area contributed by atoms with Crippen LogP contribution in [-0.2, 0) is 0 Å². The Labute approximate surface area is 94.4 Å². The number of ether oxygens (including phenoxy) is 1. The molecule has 16 heavy (non-hydrogen) atoms. The van der Waals surface area contributed by atoms with Crippen molar-refractivity contribution in [2.45, 2.75) is 6.92 Å². The maximum absolute atomic E-state index is 9.27. The Morgan fingerprint density at radius 1 is 1.12 bits per heavy atom. The predicted molar refractivity (Wildman–Crippen MR) is 64.9 cm³/mol. The summed E-state index contributed by atoms with van der Waals surface area (Å²) in [5, 5.41) is 20.5. The second kappa shape index (κ2) is 4.55. The van der Waals surface area contributed by atoms with Gasteiger partial charge in [-0.2, -0.15) is 0 Å². The fraction of sp³-hybridized carbons (Fsp3) is 0.167. The van der Waals surface area contributed by atoms with Crippen LogP contribution in [0.3, 0.4) is 0 Å². The van der Waals surface area contributed by atoms with E-state index in [0.29, 0.717) is 17.8 Å². The minimum atomic E-state index is -1.51. The van der Waals surface area contributed by atoms with E-state index in [9.17, 15) is 10.0 Å². The minimum Gasteiger partial charge on any atom is -0.494 e. The van der Waals surface area contributed by atoms with Gasteiger partial charge in [-0.15, -0.1) is 0 Å².